The normalized spacial score (nSPS) is 16.3. The van der Waals surface area contributed by atoms with Gasteiger partial charge in [0, 0.05) is 18.0 Å². The van der Waals surface area contributed by atoms with Crippen LogP contribution in [0.4, 0.5) is 0 Å². The molecular formula is C12H21NOS. The van der Waals surface area contributed by atoms with Crippen LogP contribution in [0.2, 0.25) is 0 Å². The molecule has 0 bridgehead atoms. The molecule has 2 nitrogen and oxygen atoms in total. The second kappa shape index (κ2) is 4.64. The molecule has 0 saturated carbocycles. The highest BCUT2D eigenvalue weighted by atomic mass is 32.1. The molecule has 2 N–H and O–H groups in total. The Bertz CT molecular complexity index is 285. The fourth-order valence-electron chi connectivity index (χ4n) is 1.35. The van der Waals surface area contributed by atoms with Crippen molar-refractivity contribution in [2.45, 2.75) is 33.3 Å². The molecule has 0 amide bonds. The summed E-state index contributed by atoms with van der Waals surface area (Å²) < 4.78 is 0. The van der Waals surface area contributed by atoms with E-state index in [1.54, 1.807) is 11.3 Å². The Morgan fingerprint density at radius 1 is 1.27 bits per heavy atom. The van der Waals surface area contributed by atoms with Crippen LogP contribution >= 0.6 is 11.3 Å². The Balaban J connectivity index is 2.44. The van der Waals surface area contributed by atoms with Crippen molar-refractivity contribution in [3.05, 3.63) is 22.4 Å². The summed E-state index contributed by atoms with van der Waals surface area (Å²) in [5, 5.41) is 15.5. The first-order chi connectivity index (χ1) is 6.81. The molecule has 0 fully saturated rings. The zero-order chi connectivity index (χ0) is 11.5. The Morgan fingerprint density at radius 3 is 2.40 bits per heavy atom. The highest BCUT2D eigenvalue weighted by molar-refractivity contribution is 7.10. The lowest BCUT2D eigenvalue weighted by Crippen LogP contribution is -2.38. The summed E-state index contributed by atoms with van der Waals surface area (Å²) in [6.07, 6.45) is 0. The predicted octanol–water partition coefficient (Wildman–Crippen LogP) is 2.59. The summed E-state index contributed by atoms with van der Waals surface area (Å²) in [5.74, 6) is 0. The van der Waals surface area contributed by atoms with Crippen LogP contribution in [0, 0.1) is 5.41 Å². The minimum Gasteiger partial charge on any atom is -0.383 e. The van der Waals surface area contributed by atoms with E-state index >= 15 is 0 Å². The molecule has 0 spiro atoms. The van der Waals surface area contributed by atoms with E-state index in [1.807, 2.05) is 24.4 Å². The summed E-state index contributed by atoms with van der Waals surface area (Å²) >= 11 is 1.60. The van der Waals surface area contributed by atoms with Crippen LogP contribution < -0.4 is 5.32 Å². The van der Waals surface area contributed by atoms with Gasteiger partial charge in [0.1, 0.15) is 5.60 Å². The maximum Gasteiger partial charge on any atom is 0.108 e. The second-order valence-electron chi connectivity index (χ2n) is 5.42. The molecule has 0 radical (unpaired) electrons. The average Bonchev–Trinajstić information content (AvgIpc) is 2.52. The Kier molecular flexibility index (Phi) is 3.93. The van der Waals surface area contributed by atoms with Crippen LogP contribution in [-0.4, -0.2) is 18.2 Å². The number of aliphatic hydroxyl groups is 1. The van der Waals surface area contributed by atoms with Crippen LogP contribution in [0.3, 0.4) is 0 Å². The molecule has 1 heterocycles. The van der Waals surface area contributed by atoms with Crippen LogP contribution in [0.15, 0.2) is 17.5 Å². The highest BCUT2D eigenvalue weighted by Gasteiger charge is 2.24. The number of hydrogen-bond donors (Lipinski definition) is 2. The van der Waals surface area contributed by atoms with Crippen molar-refractivity contribution in [3.63, 3.8) is 0 Å². The van der Waals surface area contributed by atoms with Gasteiger partial charge in [-0.15, -0.1) is 11.3 Å². The molecule has 86 valence electrons. The van der Waals surface area contributed by atoms with Gasteiger partial charge in [0.05, 0.1) is 0 Å². The van der Waals surface area contributed by atoms with Gasteiger partial charge in [0.25, 0.3) is 0 Å². The third kappa shape index (κ3) is 4.33. The Labute approximate surface area is 96.3 Å². The minimum absolute atomic E-state index is 0.255. The summed E-state index contributed by atoms with van der Waals surface area (Å²) in [6, 6.07) is 3.95. The first-order valence-electron chi connectivity index (χ1n) is 5.28. The van der Waals surface area contributed by atoms with Gasteiger partial charge < -0.3 is 10.4 Å². The SMILES string of the molecule is CC(C)(C)CNCC(C)(O)c1cccs1. The van der Waals surface area contributed by atoms with Gasteiger partial charge in [-0.3, -0.25) is 0 Å². The van der Waals surface area contributed by atoms with Crippen LogP contribution in [0.1, 0.15) is 32.6 Å². The van der Waals surface area contributed by atoms with Crippen molar-refractivity contribution in [1.29, 1.82) is 0 Å². The van der Waals surface area contributed by atoms with Gasteiger partial charge in [0.2, 0.25) is 0 Å². The van der Waals surface area contributed by atoms with Crippen molar-refractivity contribution >= 4 is 11.3 Å². The molecule has 0 saturated heterocycles. The summed E-state index contributed by atoms with van der Waals surface area (Å²) in [4.78, 5) is 1.02. The lowest BCUT2D eigenvalue weighted by atomic mass is 9.96. The van der Waals surface area contributed by atoms with Gasteiger partial charge >= 0.3 is 0 Å². The fourth-order valence-corrected chi connectivity index (χ4v) is 2.14. The molecule has 1 unspecified atom stereocenters. The molecule has 15 heavy (non-hydrogen) atoms. The van der Waals surface area contributed by atoms with Crippen molar-refractivity contribution in [2.24, 2.45) is 5.41 Å². The zero-order valence-corrected chi connectivity index (χ0v) is 10.8. The minimum atomic E-state index is -0.751. The molecule has 0 aliphatic rings. The van der Waals surface area contributed by atoms with E-state index in [4.69, 9.17) is 0 Å². The van der Waals surface area contributed by atoms with E-state index in [0.717, 1.165) is 11.4 Å². The molecule has 1 rings (SSSR count). The number of thiophene rings is 1. The smallest absolute Gasteiger partial charge is 0.108 e. The first-order valence-corrected chi connectivity index (χ1v) is 6.16. The third-order valence-electron chi connectivity index (χ3n) is 2.18. The number of hydrogen-bond acceptors (Lipinski definition) is 3. The van der Waals surface area contributed by atoms with Crippen molar-refractivity contribution in [1.82, 2.24) is 5.32 Å². The molecule has 3 heteroatoms. The first kappa shape index (κ1) is 12.7. The topological polar surface area (TPSA) is 32.3 Å². The number of nitrogens with one attached hydrogen (secondary N) is 1. The second-order valence-corrected chi connectivity index (χ2v) is 6.36. The monoisotopic (exact) mass is 227 g/mol. The third-order valence-corrected chi connectivity index (χ3v) is 3.30. The standard InChI is InChI=1S/C12H21NOS/c1-11(2,3)8-13-9-12(4,14)10-6-5-7-15-10/h5-7,13-14H,8-9H2,1-4H3. The quantitative estimate of drug-likeness (QED) is 0.828. The molecule has 1 aromatic heterocycles. The van der Waals surface area contributed by atoms with Crippen LogP contribution in [-0.2, 0) is 5.60 Å². The molecule has 0 aliphatic heterocycles. The molecule has 0 aromatic carbocycles. The highest BCUT2D eigenvalue weighted by Crippen LogP contribution is 2.24. The van der Waals surface area contributed by atoms with Crippen molar-refractivity contribution in [2.75, 3.05) is 13.1 Å². The fraction of sp³-hybridized carbons (Fsp3) is 0.667. The van der Waals surface area contributed by atoms with Gasteiger partial charge in [-0.2, -0.15) is 0 Å². The lowest BCUT2D eigenvalue weighted by molar-refractivity contribution is 0.0586. The Hall–Kier alpha value is -0.380. The van der Waals surface area contributed by atoms with Gasteiger partial charge in [-0.05, 0) is 23.8 Å². The van der Waals surface area contributed by atoms with E-state index in [9.17, 15) is 5.11 Å². The van der Waals surface area contributed by atoms with Crippen molar-refractivity contribution in [3.8, 4) is 0 Å². The van der Waals surface area contributed by atoms with Gasteiger partial charge in [-0.25, -0.2) is 0 Å². The lowest BCUT2D eigenvalue weighted by Gasteiger charge is -2.25. The van der Waals surface area contributed by atoms with Crippen LogP contribution in [0.5, 0.6) is 0 Å². The maximum absolute atomic E-state index is 10.2. The molecule has 1 aromatic rings. The van der Waals surface area contributed by atoms with E-state index in [0.29, 0.717) is 6.54 Å². The van der Waals surface area contributed by atoms with E-state index in [2.05, 4.69) is 26.1 Å². The van der Waals surface area contributed by atoms with E-state index in [1.165, 1.54) is 0 Å². The van der Waals surface area contributed by atoms with Crippen molar-refractivity contribution < 1.29 is 5.11 Å². The molecular weight excluding hydrogens is 206 g/mol. The number of rotatable bonds is 4. The van der Waals surface area contributed by atoms with Crippen LogP contribution in [0.25, 0.3) is 0 Å². The molecule has 0 aliphatic carbocycles. The zero-order valence-electron chi connectivity index (χ0n) is 10.0. The summed E-state index contributed by atoms with van der Waals surface area (Å²) in [6.45, 7) is 9.91. The largest absolute Gasteiger partial charge is 0.383 e. The van der Waals surface area contributed by atoms with E-state index in [-0.39, 0.29) is 5.41 Å². The Morgan fingerprint density at radius 2 is 1.93 bits per heavy atom. The van der Waals surface area contributed by atoms with Gasteiger partial charge in [-0.1, -0.05) is 26.8 Å². The summed E-state index contributed by atoms with van der Waals surface area (Å²) in [7, 11) is 0. The maximum atomic E-state index is 10.2. The van der Waals surface area contributed by atoms with Gasteiger partial charge in [0.15, 0.2) is 0 Å². The predicted molar refractivity (Wildman–Crippen MR) is 66.2 cm³/mol. The summed E-state index contributed by atoms with van der Waals surface area (Å²) in [5.41, 5.74) is -0.495. The molecule has 1 atom stereocenters. The average molecular weight is 227 g/mol. The van der Waals surface area contributed by atoms with E-state index < -0.39 is 5.60 Å².